The maximum atomic E-state index is 6.14. The smallest absolute Gasteiger partial charge is 0.0721 e. The molecule has 1 saturated heterocycles. The van der Waals surface area contributed by atoms with Gasteiger partial charge in [0.05, 0.1) is 21.8 Å². The van der Waals surface area contributed by atoms with Gasteiger partial charge >= 0.3 is 0 Å². The molecule has 1 aliphatic rings. The standard InChI is InChI=1S/C13H17Cl2NO/c1-2-10-8-9(6-7-17-10)16-13-11(14)4-3-5-12(13)15/h3-5,9-10,16H,2,6-8H2,1H3. The fraction of sp³-hybridized carbons (Fsp3) is 0.538. The van der Waals surface area contributed by atoms with E-state index in [9.17, 15) is 0 Å². The molecular weight excluding hydrogens is 257 g/mol. The SMILES string of the molecule is CCC1CC(Nc2c(Cl)cccc2Cl)CCO1. The van der Waals surface area contributed by atoms with Crippen LogP contribution in [-0.4, -0.2) is 18.8 Å². The van der Waals surface area contributed by atoms with Crippen LogP contribution in [0.5, 0.6) is 0 Å². The summed E-state index contributed by atoms with van der Waals surface area (Å²) in [4.78, 5) is 0. The second-order valence-corrected chi connectivity index (χ2v) is 5.18. The minimum absolute atomic E-state index is 0.350. The Morgan fingerprint density at radius 1 is 1.35 bits per heavy atom. The lowest BCUT2D eigenvalue weighted by molar-refractivity contribution is 0.00926. The average molecular weight is 274 g/mol. The summed E-state index contributed by atoms with van der Waals surface area (Å²) in [7, 11) is 0. The number of anilines is 1. The molecule has 2 atom stereocenters. The summed E-state index contributed by atoms with van der Waals surface area (Å²) >= 11 is 12.3. The van der Waals surface area contributed by atoms with Gasteiger partial charge in [-0.05, 0) is 31.4 Å². The minimum Gasteiger partial charge on any atom is -0.380 e. The van der Waals surface area contributed by atoms with Crippen LogP contribution in [0.15, 0.2) is 18.2 Å². The van der Waals surface area contributed by atoms with Crippen molar-refractivity contribution in [2.45, 2.75) is 38.3 Å². The van der Waals surface area contributed by atoms with Crippen molar-refractivity contribution in [1.29, 1.82) is 0 Å². The molecule has 0 aromatic heterocycles. The number of halogens is 2. The lowest BCUT2D eigenvalue weighted by Gasteiger charge is -2.30. The van der Waals surface area contributed by atoms with Crippen molar-refractivity contribution in [2.75, 3.05) is 11.9 Å². The summed E-state index contributed by atoms with van der Waals surface area (Å²) in [6.45, 7) is 2.95. The molecule has 2 unspecified atom stereocenters. The van der Waals surface area contributed by atoms with E-state index in [-0.39, 0.29) is 0 Å². The van der Waals surface area contributed by atoms with E-state index in [4.69, 9.17) is 27.9 Å². The first-order chi connectivity index (χ1) is 8.20. The van der Waals surface area contributed by atoms with Crippen molar-refractivity contribution in [3.8, 4) is 0 Å². The van der Waals surface area contributed by atoms with Crippen molar-refractivity contribution in [3.05, 3.63) is 28.2 Å². The summed E-state index contributed by atoms with van der Waals surface area (Å²) in [6.07, 6.45) is 3.41. The van der Waals surface area contributed by atoms with Crippen LogP contribution in [0.25, 0.3) is 0 Å². The Kier molecular flexibility index (Phi) is 4.55. The summed E-state index contributed by atoms with van der Waals surface area (Å²) in [5.41, 5.74) is 0.845. The maximum absolute atomic E-state index is 6.14. The van der Waals surface area contributed by atoms with E-state index >= 15 is 0 Å². The van der Waals surface area contributed by atoms with E-state index < -0.39 is 0 Å². The molecular formula is C13H17Cl2NO. The van der Waals surface area contributed by atoms with Gasteiger partial charge < -0.3 is 10.1 Å². The van der Waals surface area contributed by atoms with E-state index in [1.807, 2.05) is 18.2 Å². The Bertz CT molecular complexity index is 363. The Morgan fingerprint density at radius 2 is 2.06 bits per heavy atom. The number of hydrogen-bond acceptors (Lipinski definition) is 2. The highest BCUT2D eigenvalue weighted by Gasteiger charge is 2.22. The number of hydrogen-bond donors (Lipinski definition) is 1. The van der Waals surface area contributed by atoms with E-state index in [1.165, 1.54) is 0 Å². The number of rotatable bonds is 3. The van der Waals surface area contributed by atoms with Gasteiger partial charge in [0.15, 0.2) is 0 Å². The van der Waals surface area contributed by atoms with Crippen LogP contribution >= 0.6 is 23.2 Å². The second kappa shape index (κ2) is 5.94. The molecule has 1 heterocycles. The predicted octanol–water partition coefficient (Wildman–Crippen LogP) is 4.36. The van der Waals surface area contributed by atoms with Gasteiger partial charge in [-0.15, -0.1) is 0 Å². The third-order valence-corrected chi connectivity index (χ3v) is 3.76. The first-order valence-corrected chi connectivity index (χ1v) is 6.78. The summed E-state index contributed by atoms with van der Waals surface area (Å²) in [5.74, 6) is 0. The maximum Gasteiger partial charge on any atom is 0.0721 e. The molecule has 0 radical (unpaired) electrons. The molecule has 1 aromatic rings. The summed E-state index contributed by atoms with van der Waals surface area (Å²) in [5, 5.41) is 4.79. The van der Waals surface area contributed by atoms with Crippen LogP contribution in [0.2, 0.25) is 10.0 Å². The summed E-state index contributed by atoms with van der Waals surface area (Å²) < 4.78 is 5.65. The molecule has 0 bridgehead atoms. The van der Waals surface area contributed by atoms with Crippen LogP contribution in [0.3, 0.4) is 0 Å². The number of ether oxygens (including phenoxy) is 1. The van der Waals surface area contributed by atoms with Crippen molar-refractivity contribution < 1.29 is 4.74 Å². The fourth-order valence-corrected chi connectivity index (χ4v) is 2.64. The van der Waals surface area contributed by atoms with E-state index in [0.29, 0.717) is 22.2 Å². The Morgan fingerprint density at radius 3 is 2.71 bits per heavy atom. The molecule has 1 aliphatic heterocycles. The van der Waals surface area contributed by atoms with Crippen molar-refractivity contribution >= 4 is 28.9 Å². The van der Waals surface area contributed by atoms with Crippen LogP contribution < -0.4 is 5.32 Å². The van der Waals surface area contributed by atoms with Gasteiger partial charge in [0.2, 0.25) is 0 Å². The van der Waals surface area contributed by atoms with Crippen LogP contribution in [-0.2, 0) is 4.74 Å². The topological polar surface area (TPSA) is 21.3 Å². The number of nitrogens with one attached hydrogen (secondary N) is 1. The Balaban J connectivity index is 2.05. The van der Waals surface area contributed by atoms with Gasteiger partial charge in [0.1, 0.15) is 0 Å². The normalized spacial score (nSPS) is 24.6. The molecule has 4 heteroatoms. The van der Waals surface area contributed by atoms with Crippen LogP contribution in [0.1, 0.15) is 26.2 Å². The van der Waals surface area contributed by atoms with Gasteiger partial charge in [0.25, 0.3) is 0 Å². The van der Waals surface area contributed by atoms with Crippen molar-refractivity contribution in [2.24, 2.45) is 0 Å². The van der Waals surface area contributed by atoms with Gasteiger partial charge in [-0.25, -0.2) is 0 Å². The largest absolute Gasteiger partial charge is 0.380 e. The number of benzene rings is 1. The van der Waals surface area contributed by atoms with Crippen molar-refractivity contribution in [1.82, 2.24) is 0 Å². The van der Waals surface area contributed by atoms with Gasteiger partial charge in [-0.3, -0.25) is 0 Å². The van der Waals surface area contributed by atoms with Crippen LogP contribution in [0, 0.1) is 0 Å². The molecule has 1 fully saturated rings. The highest BCUT2D eigenvalue weighted by atomic mass is 35.5. The first-order valence-electron chi connectivity index (χ1n) is 6.03. The zero-order valence-corrected chi connectivity index (χ0v) is 11.4. The summed E-state index contributed by atoms with van der Waals surface area (Å²) in [6, 6.07) is 5.96. The lowest BCUT2D eigenvalue weighted by atomic mass is 10.0. The molecule has 0 aliphatic carbocycles. The van der Waals surface area contributed by atoms with Crippen molar-refractivity contribution in [3.63, 3.8) is 0 Å². The van der Waals surface area contributed by atoms with Gasteiger partial charge in [0, 0.05) is 12.6 Å². The molecule has 1 N–H and O–H groups in total. The molecule has 2 nitrogen and oxygen atoms in total. The zero-order chi connectivity index (χ0) is 12.3. The third-order valence-electron chi connectivity index (χ3n) is 3.13. The van der Waals surface area contributed by atoms with E-state index in [1.54, 1.807) is 0 Å². The molecule has 2 rings (SSSR count). The highest BCUT2D eigenvalue weighted by molar-refractivity contribution is 6.39. The minimum atomic E-state index is 0.350. The van der Waals surface area contributed by atoms with Gasteiger partial charge in [-0.2, -0.15) is 0 Å². The monoisotopic (exact) mass is 273 g/mol. The number of para-hydroxylation sites is 1. The molecule has 0 spiro atoms. The molecule has 17 heavy (non-hydrogen) atoms. The first kappa shape index (κ1) is 13.0. The molecule has 94 valence electrons. The predicted molar refractivity (Wildman–Crippen MR) is 73.1 cm³/mol. The molecule has 0 amide bonds. The Hall–Kier alpha value is -0.440. The lowest BCUT2D eigenvalue weighted by Crippen LogP contribution is -2.33. The molecule has 0 saturated carbocycles. The second-order valence-electron chi connectivity index (χ2n) is 4.36. The van der Waals surface area contributed by atoms with E-state index in [0.717, 1.165) is 31.6 Å². The van der Waals surface area contributed by atoms with E-state index in [2.05, 4.69) is 12.2 Å². The average Bonchev–Trinajstić information content (AvgIpc) is 2.34. The fourth-order valence-electron chi connectivity index (χ4n) is 2.14. The van der Waals surface area contributed by atoms with Crippen LogP contribution in [0.4, 0.5) is 5.69 Å². The Labute approximate surface area is 112 Å². The quantitative estimate of drug-likeness (QED) is 0.884. The zero-order valence-electron chi connectivity index (χ0n) is 9.88. The third kappa shape index (κ3) is 3.27. The van der Waals surface area contributed by atoms with Gasteiger partial charge in [-0.1, -0.05) is 36.2 Å². The highest BCUT2D eigenvalue weighted by Crippen LogP contribution is 2.32. The molecule has 1 aromatic carbocycles.